The predicted molar refractivity (Wildman–Crippen MR) is 155 cm³/mol. The molecule has 4 rings (SSSR count). The molecule has 2 atom stereocenters. The van der Waals surface area contributed by atoms with Crippen molar-refractivity contribution in [3.05, 3.63) is 60.2 Å². The quantitative estimate of drug-likeness (QED) is 0.285. The lowest BCUT2D eigenvalue weighted by molar-refractivity contribution is -0.274. The van der Waals surface area contributed by atoms with Crippen LogP contribution < -0.4 is 15.4 Å². The van der Waals surface area contributed by atoms with E-state index < -0.39 is 12.3 Å². The van der Waals surface area contributed by atoms with E-state index >= 15 is 0 Å². The van der Waals surface area contributed by atoms with Crippen molar-refractivity contribution in [2.24, 2.45) is 11.8 Å². The van der Waals surface area contributed by atoms with E-state index in [4.69, 9.17) is 4.74 Å². The maximum absolute atomic E-state index is 13.7. The maximum Gasteiger partial charge on any atom is 0.573 e. The standard InChI is InChI=1S/C32H42F3N3O4/c33-32(34,35)42-29-16-14-27(15-17-29)36-23-28(13-11-25-6-2-1-3-7-25)37-31(40)26(12-10-24-8-4-5-9-24)22-30(39)38-18-20-41-21-19-38/h1-3,6-7,14-17,24,26,28,36H,4-5,8-13,18-23H2,(H,37,40)/t26-,28?/m1/s1. The van der Waals surface area contributed by atoms with Gasteiger partial charge in [0.2, 0.25) is 11.8 Å². The van der Waals surface area contributed by atoms with Gasteiger partial charge in [-0.1, -0.05) is 56.0 Å². The molecule has 0 bridgehead atoms. The number of hydrogen-bond donors (Lipinski definition) is 2. The number of nitrogens with zero attached hydrogens (tertiary/aromatic N) is 1. The van der Waals surface area contributed by atoms with Crippen molar-refractivity contribution >= 4 is 17.5 Å². The molecule has 1 aliphatic heterocycles. The van der Waals surface area contributed by atoms with Crippen LogP contribution in [0, 0.1) is 11.8 Å². The summed E-state index contributed by atoms with van der Waals surface area (Å²) in [5.41, 5.74) is 1.76. The largest absolute Gasteiger partial charge is 0.573 e. The third-order valence-electron chi connectivity index (χ3n) is 8.16. The fourth-order valence-corrected chi connectivity index (χ4v) is 5.76. The minimum atomic E-state index is -4.75. The number of halogens is 3. The molecule has 1 unspecified atom stereocenters. The van der Waals surface area contributed by atoms with Crippen molar-refractivity contribution in [3.8, 4) is 5.75 Å². The zero-order chi connectivity index (χ0) is 29.8. The van der Waals surface area contributed by atoms with Gasteiger partial charge >= 0.3 is 6.36 Å². The van der Waals surface area contributed by atoms with Crippen LogP contribution >= 0.6 is 0 Å². The van der Waals surface area contributed by atoms with Gasteiger partial charge in [-0.3, -0.25) is 9.59 Å². The van der Waals surface area contributed by atoms with Crippen molar-refractivity contribution in [2.75, 3.05) is 38.2 Å². The molecule has 2 N–H and O–H groups in total. The molecule has 230 valence electrons. The van der Waals surface area contributed by atoms with E-state index in [1.165, 1.54) is 49.9 Å². The molecule has 2 aromatic rings. The summed E-state index contributed by atoms with van der Waals surface area (Å²) in [5, 5.41) is 6.46. The Hall–Kier alpha value is -3.27. The smallest absolute Gasteiger partial charge is 0.406 e. The Kier molecular flexibility index (Phi) is 11.9. The molecule has 0 aromatic heterocycles. The second kappa shape index (κ2) is 15.8. The number of benzene rings is 2. The van der Waals surface area contributed by atoms with Crippen molar-refractivity contribution in [1.29, 1.82) is 0 Å². The van der Waals surface area contributed by atoms with Gasteiger partial charge in [0.25, 0.3) is 0 Å². The minimum Gasteiger partial charge on any atom is -0.406 e. The molecule has 1 saturated carbocycles. The highest BCUT2D eigenvalue weighted by Gasteiger charge is 2.31. The number of anilines is 1. The number of hydrogen-bond acceptors (Lipinski definition) is 5. The number of carbonyl (C=O) groups excluding carboxylic acids is 2. The predicted octanol–water partition coefficient (Wildman–Crippen LogP) is 5.95. The van der Waals surface area contributed by atoms with E-state index in [2.05, 4.69) is 15.4 Å². The molecular weight excluding hydrogens is 547 g/mol. The van der Waals surface area contributed by atoms with Crippen LogP contribution in [0.2, 0.25) is 0 Å². The third kappa shape index (κ3) is 10.9. The molecular formula is C32H42F3N3O4. The fraction of sp³-hybridized carbons (Fsp3) is 0.562. The van der Waals surface area contributed by atoms with Crippen LogP contribution in [0.25, 0.3) is 0 Å². The van der Waals surface area contributed by atoms with E-state index in [-0.39, 0.29) is 30.0 Å². The topological polar surface area (TPSA) is 79.9 Å². The molecule has 0 radical (unpaired) electrons. The summed E-state index contributed by atoms with van der Waals surface area (Å²) in [5.74, 6) is -0.233. The summed E-state index contributed by atoms with van der Waals surface area (Å²) >= 11 is 0. The van der Waals surface area contributed by atoms with Crippen LogP contribution in [0.4, 0.5) is 18.9 Å². The Labute approximate surface area is 246 Å². The van der Waals surface area contributed by atoms with Crippen LogP contribution in [0.3, 0.4) is 0 Å². The Morgan fingerprint density at radius 1 is 0.976 bits per heavy atom. The van der Waals surface area contributed by atoms with Gasteiger partial charge in [-0.2, -0.15) is 0 Å². The zero-order valence-electron chi connectivity index (χ0n) is 24.0. The Bertz CT molecular complexity index is 1100. The molecule has 0 spiro atoms. The molecule has 1 aliphatic carbocycles. The summed E-state index contributed by atoms with van der Waals surface area (Å²) in [7, 11) is 0. The second-order valence-electron chi connectivity index (χ2n) is 11.3. The summed E-state index contributed by atoms with van der Waals surface area (Å²) in [4.78, 5) is 28.6. The van der Waals surface area contributed by atoms with E-state index in [1.54, 1.807) is 4.90 Å². The van der Waals surface area contributed by atoms with Crippen LogP contribution in [0.1, 0.15) is 56.9 Å². The van der Waals surface area contributed by atoms with Crippen molar-refractivity contribution in [1.82, 2.24) is 10.2 Å². The number of aryl methyl sites for hydroxylation is 1. The number of carbonyl (C=O) groups is 2. The highest BCUT2D eigenvalue weighted by Crippen LogP contribution is 2.31. The van der Waals surface area contributed by atoms with Gasteiger partial charge in [0, 0.05) is 43.7 Å². The molecule has 2 aromatic carbocycles. The van der Waals surface area contributed by atoms with E-state index in [1.807, 2.05) is 30.3 Å². The normalized spacial score (nSPS) is 17.5. The molecule has 2 fully saturated rings. The highest BCUT2D eigenvalue weighted by atomic mass is 19.4. The lowest BCUT2D eigenvalue weighted by Gasteiger charge is -2.29. The minimum absolute atomic E-state index is 0.00926. The van der Waals surface area contributed by atoms with E-state index in [9.17, 15) is 22.8 Å². The van der Waals surface area contributed by atoms with Crippen LogP contribution in [0.15, 0.2) is 54.6 Å². The first kappa shape index (κ1) is 31.7. The first-order valence-electron chi connectivity index (χ1n) is 15.0. The highest BCUT2D eigenvalue weighted by molar-refractivity contribution is 5.86. The Morgan fingerprint density at radius 3 is 2.33 bits per heavy atom. The second-order valence-corrected chi connectivity index (χ2v) is 11.3. The van der Waals surface area contributed by atoms with Crippen molar-refractivity contribution in [3.63, 3.8) is 0 Å². The van der Waals surface area contributed by atoms with Gasteiger partial charge in [0.1, 0.15) is 5.75 Å². The number of ether oxygens (including phenoxy) is 2. The third-order valence-corrected chi connectivity index (χ3v) is 8.16. The monoisotopic (exact) mass is 589 g/mol. The zero-order valence-corrected chi connectivity index (χ0v) is 24.0. The molecule has 10 heteroatoms. The van der Waals surface area contributed by atoms with Crippen LogP contribution in [-0.4, -0.2) is 62.0 Å². The number of rotatable bonds is 14. The number of amides is 2. The SMILES string of the molecule is O=C(NC(CCc1ccccc1)CNc1ccc(OC(F)(F)F)cc1)[C@H](CCC1CCCC1)CC(=O)N1CCOCC1. The Morgan fingerprint density at radius 2 is 1.67 bits per heavy atom. The van der Waals surface area contributed by atoms with E-state index in [0.29, 0.717) is 57.3 Å². The van der Waals surface area contributed by atoms with Gasteiger partial charge in [-0.05, 0) is 61.4 Å². The molecule has 2 aliphatic rings. The number of morpholine rings is 1. The molecule has 42 heavy (non-hydrogen) atoms. The number of nitrogens with one attached hydrogen (secondary N) is 2. The summed E-state index contributed by atoms with van der Waals surface area (Å²) in [6, 6.07) is 15.3. The van der Waals surface area contributed by atoms with E-state index in [0.717, 1.165) is 18.4 Å². The molecule has 1 saturated heterocycles. The van der Waals surface area contributed by atoms with Crippen LogP contribution in [-0.2, 0) is 20.7 Å². The molecule has 1 heterocycles. The Balaban J connectivity index is 1.41. The van der Waals surface area contributed by atoms with Gasteiger partial charge in [0.05, 0.1) is 13.2 Å². The summed E-state index contributed by atoms with van der Waals surface area (Å²) < 4.78 is 46.9. The lowest BCUT2D eigenvalue weighted by Crippen LogP contribution is -2.46. The first-order chi connectivity index (χ1) is 20.2. The average molecular weight is 590 g/mol. The first-order valence-corrected chi connectivity index (χ1v) is 15.0. The molecule has 2 amide bonds. The summed E-state index contributed by atoms with van der Waals surface area (Å²) in [6.07, 6.45) is 3.26. The number of alkyl halides is 3. The van der Waals surface area contributed by atoms with Crippen molar-refractivity contribution < 1.29 is 32.2 Å². The average Bonchev–Trinajstić information content (AvgIpc) is 3.51. The van der Waals surface area contributed by atoms with Gasteiger partial charge in [-0.15, -0.1) is 13.2 Å². The van der Waals surface area contributed by atoms with Crippen molar-refractivity contribution in [2.45, 2.75) is 70.2 Å². The van der Waals surface area contributed by atoms with Gasteiger partial charge in [0.15, 0.2) is 0 Å². The maximum atomic E-state index is 13.7. The molecule has 7 nitrogen and oxygen atoms in total. The fourth-order valence-electron chi connectivity index (χ4n) is 5.76. The van der Waals surface area contributed by atoms with Crippen LogP contribution in [0.5, 0.6) is 5.75 Å². The van der Waals surface area contributed by atoms with Gasteiger partial charge < -0.3 is 25.0 Å². The lowest BCUT2D eigenvalue weighted by atomic mass is 9.91. The van der Waals surface area contributed by atoms with Gasteiger partial charge in [-0.25, -0.2) is 0 Å². The summed E-state index contributed by atoms with van der Waals surface area (Å²) in [6.45, 7) is 2.51.